The molecular weight excluding hydrogens is 204 g/mol. The van der Waals surface area contributed by atoms with Crippen LogP contribution >= 0.6 is 0 Å². The summed E-state index contributed by atoms with van der Waals surface area (Å²) < 4.78 is 10.4. The van der Waals surface area contributed by atoms with Crippen molar-refractivity contribution in [1.82, 2.24) is 10.3 Å². The van der Waals surface area contributed by atoms with E-state index in [9.17, 15) is 0 Å². The van der Waals surface area contributed by atoms with E-state index in [1.165, 1.54) is 0 Å². The van der Waals surface area contributed by atoms with Gasteiger partial charge in [-0.15, -0.1) is 0 Å². The maximum Gasteiger partial charge on any atom is 0.0887 e. The van der Waals surface area contributed by atoms with Crippen LogP contribution in [0.1, 0.15) is 17.8 Å². The molecule has 0 bridgehead atoms. The molecule has 1 aromatic heterocycles. The van der Waals surface area contributed by atoms with Crippen LogP contribution in [0.5, 0.6) is 0 Å². The van der Waals surface area contributed by atoms with Gasteiger partial charge in [0.1, 0.15) is 0 Å². The lowest BCUT2D eigenvalue weighted by Gasteiger charge is -2.05. The average Bonchev–Trinajstić information content (AvgIpc) is 2.30. The van der Waals surface area contributed by atoms with Crippen molar-refractivity contribution in [1.29, 1.82) is 0 Å². The molecule has 4 nitrogen and oxygen atoms in total. The number of pyridine rings is 1. The molecule has 0 fully saturated rings. The lowest BCUT2D eigenvalue weighted by Crippen LogP contribution is -2.08. The van der Waals surface area contributed by atoms with Gasteiger partial charge in [-0.3, -0.25) is 4.98 Å². The summed E-state index contributed by atoms with van der Waals surface area (Å²) in [5.41, 5.74) is 2.02. The van der Waals surface area contributed by atoms with E-state index in [2.05, 4.69) is 10.3 Å². The Labute approximate surface area is 97.0 Å². The largest absolute Gasteiger partial charge is 0.385 e. The molecular formula is C12H20N2O2. The fourth-order valence-electron chi connectivity index (χ4n) is 1.37. The highest BCUT2D eigenvalue weighted by atomic mass is 16.5. The van der Waals surface area contributed by atoms with Crippen molar-refractivity contribution in [3.05, 3.63) is 29.6 Å². The number of hydrogen-bond donors (Lipinski definition) is 1. The van der Waals surface area contributed by atoms with E-state index in [-0.39, 0.29) is 0 Å². The molecule has 1 aromatic rings. The molecule has 0 aliphatic rings. The number of aromatic nitrogens is 1. The maximum atomic E-state index is 5.49. The van der Waals surface area contributed by atoms with Gasteiger partial charge in [0.15, 0.2) is 0 Å². The second-order valence-corrected chi connectivity index (χ2v) is 3.55. The van der Waals surface area contributed by atoms with Gasteiger partial charge in [-0.05, 0) is 25.6 Å². The molecule has 0 aromatic carbocycles. The van der Waals surface area contributed by atoms with Gasteiger partial charge >= 0.3 is 0 Å². The highest BCUT2D eigenvalue weighted by molar-refractivity contribution is 5.10. The summed E-state index contributed by atoms with van der Waals surface area (Å²) in [6.07, 6.45) is 0.923. The Bertz CT molecular complexity index is 292. The minimum absolute atomic E-state index is 0.571. The molecule has 0 saturated heterocycles. The Morgan fingerprint density at radius 3 is 2.81 bits per heavy atom. The molecule has 1 rings (SSSR count). The van der Waals surface area contributed by atoms with E-state index in [1.54, 1.807) is 7.11 Å². The molecule has 0 saturated carbocycles. The summed E-state index contributed by atoms with van der Waals surface area (Å²) in [7, 11) is 3.61. The van der Waals surface area contributed by atoms with Gasteiger partial charge in [-0.2, -0.15) is 0 Å². The number of ether oxygens (including phenoxy) is 2. The summed E-state index contributed by atoms with van der Waals surface area (Å²) >= 11 is 0. The summed E-state index contributed by atoms with van der Waals surface area (Å²) in [5.74, 6) is 0. The van der Waals surface area contributed by atoms with Crippen molar-refractivity contribution in [2.24, 2.45) is 0 Å². The second-order valence-electron chi connectivity index (χ2n) is 3.55. The normalized spacial score (nSPS) is 10.6. The van der Waals surface area contributed by atoms with Crippen LogP contribution in [-0.2, 0) is 22.6 Å². The highest BCUT2D eigenvalue weighted by Gasteiger charge is 1.97. The van der Waals surface area contributed by atoms with Crippen LogP contribution in [0.15, 0.2) is 18.2 Å². The Morgan fingerprint density at radius 1 is 1.25 bits per heavy atom. The first-order valence-electron chi connectivity index (χ1n) is 5.53. The smallest absolute Gasteiger partial charge is 0.0887 e. The van der Waals surface area contributed by atoms with Crippen LogP contribution in [0.25, 0.3) is 0 Å². The molecule has 16 heavy (non-hydrogen) atoms. The fraction of sp³-hybridized carbons (Fsp3) is 0.583. The topological polar surface area (TPSA) is 43.4 Å². The Hall–Kier alpha value is -0.970. The van der Waals surface area contributed by atoms with Crippen molar-refractivity contribution in [3.63, 3.8) is 0 Å². The van der Waals surface area contributed by atoms with Crippen molar-refractivity contribution < 1.29 is 9.47 Å². The van der Waals surface area contributed by atoms with Gasteiger partial charge in [0, 0.05) is 26.9 Å². The summed E-state index contributed by atoms with van der Waals surface area (Å²) in [4.78, 5) is 4.46. The van der Waals surface area contributed by atoms with Crippen molar-refractivity contribution in [2.75, 3.05) is 27.4 Å². The van der Waals surface area contributed by atoms with Crippen LogP contribution < -0.4 is 5.32 Å². The van der Waals surface area contributed by atoms with E-state index in [4.69, 9.17) is 9.47 Å². The maximum absolute atomic E-state index is 5.49. The predicted octanol–water partition coefficient (Wildman–Crippen LogP) is 1.35. The zero-order valence-corrected chi connectivity index (χ0v) is 10.0. The van der Waals surface area contributed by atoms with Gasteiger partial charge < -0.3 is 14.8 Å². The van der Waals surface area contributed by atoms with Gasteiger partial charge in [0.2, 0.25) is 0 Å². The fourth-order valence-corrected chi connectivity index (χ4v) is 1.37. The van der Waals surface area contributed by atoms with E-state index in [1.807, 2.05) is 25.2 Å². The average molecular weight is 224 g/mol. The van der Waals surface area contributed by atoms with E-state index in [0.717, 1.165) is 31.0 Å². The number of nitrogens with zero attached hydrogens (tertiary/aromatic N) is 1. The highest BCUT2D eigenvalue weighted by Crippen LogP contribution is 2.01. The number of methoxy groups -OCH3 is 1. The molecule has 0 unspecified atom stereocenters. The third-order valence-electron chi connectivity index (χ3n) is 2.11. The number of hydrogen-bond acceptors (Lipinski definition) is 4. The number of nitrogens with one attached hydrogen (secondary N) is 1. The predicted molar refractivity (Wildman–Crippen MR) is 63.1 cm³/mol. The lowest BCUT2D eigenvalue weighted by atomic mass is 10.3. The second kappa shape index (κ2) is 8.21. The third-order valence-corrected chi connectivity index (χ3v) is 2.11. The van der Waals surface area contributed by atoms with Gasteiger partial charge in [-0.25, -0.2) is 0 Å². The standard InChI is InChI=1S/C12H20N2O2/c1-13-9-11-5-3-6-12(14-11)10-16-8-4-7-15-2/h3,5-6,13H,4,7-10H2,1-2H3. The van der Waals surface area contributed by atoms with Crippen LogP contribution in [0.2, 0.25) is 0 Å². The first-order chi connectivity index (χ1) is 7.86. The molecule has 0 aliphatic heterocycles. The van der Waals surface area contributed by atoms with Crippen molar-refractivity contribution in [3.8, 4) is 0 Å². The molecule has 1 heterocycles. The molecule has 4 heteroatoms. The lowest BCUT2D eigenvalue weighted by molar-refractivity contribution is 0.0909. The van der Waals surface area contributed by atoms with Crippen LogP contribution in [0.4, 0.5) is 0 Å². The number of rotatable bonds is 8. The first-order valence-corrected chi connectivity index (χ1v) is 5.53. The van der Waals surface area contributed by atoms with E-state index < -0.39 is 0 Å². The SMILES string of the molecule is CNCc1cccc(COCCCOC)n1. The van der Waals surface area contributed by atoms with Crippen molar-refractivity contribution in [2.45, 2.75) is 19.6 Å². The van der Waals surface area contributed by atoms with Crippen LogP contribution in [0, 0.1) is 0 Å². The van der Waals surface area contributed by atoms with Crippen LogP contribution in [-0.4, -0.2) is 32.4 Å². The molecule has 1 N–H and O–H groups in total. The Balaban J connectivity index is 2.27. The molecule has 0 amide bonds. The zero-order valence-electron chi connectivity index (χ0n) is 10.0. The Morgan fingerprint density at radius 2 is 2.06 bits per heavy atom. The molecule has 0 spiro atoms. The summed E-state index contributed by atoms with van der Waals surface area (Å²) in [6, 6.07) is 5.99. The van der Waals surface area contributed by atoms with E-state index in [0.29, 0.717) is 13.2 Å². The summed E-state index contributed by atoms with van der Waals surface area (Å²) in [5, 5.41) is 3.08. The van der Waals surface area contributed by atoms with E-state index >= 15 is 0 Å². The van der Waals surface area contributed by atoms with Crippen LogP contribution in [0.3, 0.4) is 0 Å². The minimum Gasteiger partial charge on any atom is -0.385 e. The van der Waals surface area contributed by atoms with Gasteiger partial charge in [0.05, 0.1) is 18.0 Å². The molecule has 90 valence electrons. The quantitative estimate of drug-likeness (QED) is 0.677. The van der Waals surface area contributed by atoms with Crippen molar-refractivity contribution >= 4 is 0 Å². The molecule has 0 radical (unpaired) electrons. The Kier molecular flexibility index (Phi) is 6.72. The minimum atomic E-state index is 0.571. The summed E-state index contributed by atoms with van der Waals surface area (Å²) in [6.45, 7) is 2.82. The molecule has 0 atom stereocenters. The van der Waals surface area contributed by atoms with Gasteiger partial charge in [-0.1, -0.05) is 6.07 Å². The van der Waals surface area contributed by atoms with Gasteiger partial charge in [0.25, 0.3) is 0 Å². The third kappa shape index (κ3) is 5.21. The zero-order chi connectivity index (χ0) is 11.6. The molecule has 0 aliphatic carbocycles. The first kappa shape index (κ1) is 13.1. The monoisotopic (exact) mass is 224 g/mol.